The van der Waals surface area contributed by atoms with E-state index in [2.05, 4.69) is 39.5 Å². The van der Waals surface area contributed by atoms with E-state index in [1.807, 2.05) is 13.8 Å². The Morgan fingerprint density at radius 1 is 0.450 bits per heavy atom. The van der Waals surface area contributed by atoms with Gasteiger partial charge in [0.05, 0.1) is 71.1 Å². The molecule has 3 aliphatic heterocycles. The molecule has 0 amide bonds. The van der Waals surface area contributed by atoms with Gasteiger partial charge in [-0.2, -0.15) is 0 Å². The van der Waals surface area contributed by atoms with Crippen LogP contribution in [0.15, 0.2) is 179 Å². The standard InChI is InChI=1S/C29H37NO8.C29H35NO8.C27H35NO7/c2*1-7-11-30(12-8-2)14-17-23-26(34)25(33)22-18-9-10-20(32)28(18,4)13-19(37-16(3)31)24(22)29(23,5)21(15-36-6)38-27(17)35;1-6-10-28(11-7-2)13-15-21-24(32)23(31)20-16-8-9-18(30)26(16,3)12-17(29)22(20)27(21,4)19(14-34-5)35-25(15)33/h7-8,14,18-21,32,34H,1-2,9-13,15H2,3-6H3;7-8,14,18-19,21,34H,1-2,9-13,15H2,3-6H3;6-7,13,16-19,29-30,32H,1-2,8-12,14H2,3-5H3/b2*17-14+;15-13+/t18-,19+,20?,21+,28-,29-;18-,19+,21+,28-,29-;16-,17?,18?,19+,26-,27-/m000/s1. The van der Waals surface area contributed by atoms with Crippen molar-refractivity contribution < 1.29 is 112 Å². The number of carbonyl (C=O) groups excluding carboxylic acids is 9. The summed E-state index contributed by atoms with van der Waals surface area (Å²) in [5.74, 6) is -7.90. The highest BCUT2D eigenvalue weighted by molar-refractivity contribution is 6.16. The number of aliphatic hydroxyl groups excluding tert-OH is 6. The van der Waals surface area contributed by atoms with E-state index in [4.69, 9.17) is 37.9 Å². The topological polar surface area (TPSA) is 359 Å². The fourth-order valence-corrected chi connectivity index (χ4v) is 20.4. The van der Waals surface area contributed by atoms with Crippen LogP contribution in [0.3, 0.4) is 0 Å². The Morgan fingerprint density at radius 2 is 0.757 bits per heavy atom. The first-order valence-electron chi connectivity index (χ1n) is 37.7. The molecule has 0 aromatic rings. The Labute approximate surface area is 647 Å². The second-order valence-corrected chi connectivity index (χ2v) is 32.1. The molecule has 3 heterocycles. The SMILES string of the molecule is C=CCN(/C=C1/C(=O)O[C@H](COC)[C@@]2(C)C1=C(O)C(=O)C1=C2C(O)C[C@]2(C)C(O)CC[C@@H]12)CC=C.C=CCN(/C=C1/C(=O)O[C@H](COC)[C@@]2(C)C1=C(O)C(=O)C1=C2[C@H](OC(C)=O)C[C@]2(C)C(=O)CC[C@@H]12)CC=C.C=CCN(/C=C1/C(=O)O[C@H](COC)[C@@]2(C)C1=C(O)C(=O)C1=C2[C@H](OC(C)=O)C[C@]2(C)C(O)CC[C@@H]12)CC=C. The molecule has 0 bridgehead atoms. The lowest BCUT2D eigenvalue weighted by molar-refractivity contribution is -0.161. The molecule has 26 heteroatoms. The molecule has 9 aliphatic carbocycles. The minimum absolute atomic E-state index is 0.00740. The molecule has 3 unspecified atom stereocenters. The second-order valence-electron chi connectivity index (χ2n) is 32.1. The number of nitrogens with zero attached hydrogens (tertiary/aromatic N) is 3. The van der Waals surface area contributed by atoms with Gasteiger partial charge in [-0.3, -0.25) is 28.8 Å². The van der Waals surface area contributed by atoms with Crippen molar-refractivity contribution in [2.24, 2.45) is 50.2 Å². The van der Waals surface area contributed by atoms with E-state index in [9.17, 15) is 73.8 Å². The van der Waals surface area contributed by atoms with Gasteiger partial charge in [-0.25, -0.2) is 14.4 Å². The third-order valence-corrected chi connectivity index (χ3v) is 25.6. The summed E-state index contributed by atoms with van der Waals surface area (Å²) in [4.78, 5) is 124. The summed E-state index contributed by atoms with van der Waals surface area (Å²) in [6.45, 7) is 38.3. The zero-order valence-electron chi connectivity index (χ0n) is 65.5. The van der Waals surface area contributed by atoms with Crippen molar-refractivity contribution >= 4 is 53.0 Å². The second kappa shape index (κ2) is 32.4. The molecule has 17 atom stereocenters. The first-order valence-corrected chi connectivity index (χ1v) is 37.7. The van der Waals surface area contributed by atoms with Gasteiger partial charge < -0.3 is 83.2 Å². The molecular formula is C85H107N3O23. The molecule has 111 heavy (non-hydrogen) atoms. The number of carbonyl (C=O) groups is 9. The molecule has 6 N–H and O–H groups in total. The molecule has 12 aliphatic rings. The Bertz CT molecular complexity index is 4240. The maximum absolute atomic E-state index is 14.0. The number of esters is 5. The Kier molecular flexibility index (Phi) is 24.6. The van der Waals surface area contributed by atoms with Crippen molar-refractivity contribution in [2.45, 2.75) is 162 Å². The van der Waals surface area contributed by atoms with Gasteiger partial charge in [0, 0.05) is 161 Å². The molecule has 0 spiro atoms. The van der Waals surface area contributed by atoms with Crippen molar-refractivity contribution in [2.75, 3.05) is 80.4 Å². The van der Waals surface area contributed by atoms with Crippen molar-refractivity contribution in [3.63, 3.8) is 0 Å². The molecule has 600 valence electrons. The summed E-state index contributed by atoms with van der Waals surface area (Å²) in [5.41, 5.74) is -3.26. The molecule has 6 fully saturated rings. The monoisotopic (exact) mass is 1540 g/mol. The van der Waals surface area contributed by atoms with Crippen molar-refractivity contribution in [1.29, 1.82) is 0 Å². The fourth-order valence-electron chi connectivity index (χ4n) is 20.4. The van der Waals surface area contributed by atoms with Gasteiger partial charge in [0.2, 0.25) is 17.3 Å². The van der Waals surface area contributed by atoms with Gasteiger partial charge in [-0.15, -0.1) is 39.5 Å². The smallest absolute Gasteiger partial charge is 0.340 e. The molecule has 26 nitrogen and oxygen atoms in total. The number of ketones is 4. The van der Waals surface area contributed by atoms with Crippen molar-refractivity contribution in [3.05, 3.63) is 179 Å². The van der Waals surface area contributed by atoms with Gasteiger partial charge in [0.1, 0.15) is 36.3 Å². The number of allylic oxidation sites excluding steroid dienone is 3. The zero-order chi connectivity index (χ0) is 81.7. The van der Waals surface area contributed by atoms with Crippen LogP contribution in [0.5, 0.6) is 0 Å². The van der Waals surface area contributed by atoms with Crippen LogP contribution in [0, 0.1) is 50.2 Å². The summed E-state index contributed by atoms with van der Waals surface area (Å²) in [7, 11) is 4.41. The van der Waals surface area contributed by atoms with E-state index in [0.29, 0.717) is 106 Å². The van der Waals surface area contributed by atoms with Crippen LogP contribution < -0.4 is 0 Å². The predicted molar refractivity (Wildman–Crippen MR) is 405 cm³/mol. The van der Waals surface area contributed by atoms with E-state index >= 15 is 0 Å². The van der Waals surface area contributed by atoms with Crippen molar-refractivity contribution in [3.8, 4) is 0 Å². The summed E-state index contributed by atoms with van der Waals surface area (Å²) < 4.78 is 45.5. The quantitative estimate of drug-likeness (QED) is 0.0242. The normalized spacial score (nSPS) is 35.4. The highest BCUT2D eigenvalue weighted by atomic mass is 16.6. The Morgan fingerprint density at radius 3 is 1.08 bits per heavy atom. The number of hydrogen-bond acceptors (Lipinski definition) is 26. The van der Waals surface area contributed by atoms with Gasteiger partial charge in [-0.05, 0) is 94.3 Å². The molecule has 0 radical (unpaired) electrons. The summed E-state index contributed by atoms with van der Waals surface area (Å²) in [6, 6.07) is 0. The highest BCUT2D eigenvalue weighted by Gasteiger charge is 2.68. The maximum atomic E-state index is 14.0. The van der Waals surface area contributed by atoms with Crippen LogP contribution in [0.1, 0.15) is 113 Å². The molecular weight excluding hydrogens is 1430 g/mol. The van der Waals surface area contributed by atoms with Crippen LogP contribution in [0.4, 0.5) is 0 Å². The molecule has 0 aromatic carbocycles. The van der Waals surface area contributed by atoms with Crippen LogP contribution in [-0.4, -0.2) is 228 Å². The first kappa shape index (κ1) is 84.1. The van der Waals surface area contributed by atoms with E-state index in [-0.39, 0.29) is 95.7 Å². The molecule has 12 rings (SSSR count). The molecule has 3 saturated carbocycles. The van der Waals surface area contributed by atoms with E-state index < -0.39 is 152 Å². The number of aliphatic hydroxyl groups is 6. The van der Waals surface area contributed by atoms with Crippen LogP contribution in [0.25, 0.3) is 0 Å². The summed E-state index contributed by atoms with van der Waals surface area (Å²) in [6.07, 6.45) is 11.2. The predicted octanol–water partition coefficient (Wildman–Crippen LogP) is 8.42. The van der Waals surface area contributed by atoms with E-state index in [0.717, 1.165) is 0 Å². The fraction of sp³-hybridized carbons (Fsp3) is 0.541. The largest absolute Gasteiger partial charge is 0.504 e. The first-order chi connectivity index (χ1) is 52.5. The minimum atomic E-state index is -1.27. The van der Waals surface area contributed by atoms with Crippen LogP contribution >= 0.6 is 0 Å². The molecule has 0 aromatic heterocycles. The lowest BCUT2D eigenvalue weighted by atomic mass is 9.53. The summed E-state index contributed by atoms with van der Waals surface area (Å²) in [5, 5.41) is 67.5. The van der Waals surface area contributed by atoms with Crippen LogP contribution in [-0.2, 0) is 81.0 Å². The Hall–Kier alpha value is -9.31. The Balaban J connectivity index is 0.000000177. The van der Waals surface area contributed by atoms with Gasteiger partial charge in [0.15, 0.2) is 17.3 Å². The average molecular weight is 1540 g/mol. The van der Waals surface area contributed by atoms with E-state index in [1.54, 1.807) is 91.3 Å². The van der Waals surface area contributed by atoms with Gasteiger partial charge >= 0.3 is 29.8 Å². The average Bonchev–Trinajstić information content (AvgIpc) is 1.67. The number of hydrogen-bond donors (Lipinski definition) is 6. The van der Waals surface area contributed by atoms with Gasteiger partial charge in [-0.1, -0.05) is 57.2 Å². The van der Waals surface area contributed by atoms with Crippen molar-refractivity contribution in [1.82, 2.24) is 14.7 Å². The number of fused-ring (bicyclic) bond motifs is 12. The minimum Gasteiger partial charge on any atom is -0.504 e. The molecule has 3 saturated heterocycles. The maximum Gasteiger partial charge on any atom is 0.340 e. The van der Waals surface area contributed by atoms with Crippen LogP contribution in [0.2, 0.25) is 0 Å². The number of rotatable bonds is 23. The summed E-state index contributed by atoms with van der Waals surface area (Å²) >= 11 is 0. The zero-order valence-corrected chi connectivity index (χ0v) is 65.5. The van der Waals surface area contributed by atoms with Gasteiger partial charge in [0.25, 0.3) is 0 Å². The highest BCUT2D eigenvalue weighted by Crippen LogP contribution is 2.67. The number of ether oxygens (including phenoxy) is 8. The number of Topliss-reactive ketones (excluding diaryl/α,β-unsaturated/α-hetero) is 4. The van der Waals surface area contributed by atoms with E-state index in [1.165, 1.54) is 41.4 Å². The number of methoxy groups -OCH3 is 3. The number of cyclic esters (lactones) is 3. The third kappa shape index (κ3) is 13.9. The lowest BCUT2D eigenvalue weighted by Crippen LogP contribution is -2.57. The third-order valence-electron chi connectivity index (χ3n) is 25.6. The lowest BCUT2D eigenvalue weighted by Gasteiger charge is -2.54.